The first-order valence-electron chi connectivity index (χ1n) is 8.61. The largest absolute Gasteiger partial charge is 0.379 e. The molecule has 0 unspecified atom stereocenters. The average Bonchev–Trinajstić information content (AvgIpc) is 2.60. The van der Waals surface area contributed by atoms with Crippen LogP contribution in [-0.4, -0.2) is 55.1 Å². The van der Waals surface area contributed by atoms with Crippen LogP contribution in [0.1, 0.15) is 25.8 Å². The summed E-state index contributed by atoms with van der Waals surface area (Å²) >= 11 is 5.33. The van der Waals surface area contributed by atoms with Gasteiger partial charge in [0.1, 0.15) is 0 Å². The topological polar surface area (TPSA) is 48.9 Å². The van der Waals surface area contributed by atoms with Crippen LogP contribution in [0.5, 0.6) is 0 Å². The van der Waals surface area contributed by atoms with E-state index < -0.39 is 0 Å². The van der Waals surface area contributed by atoms with Crippen LogP contribution in [0.2, 0.25) is 0 Å². The third-order valence-electron chi connectivity index (χ3n) is 3.82. The lowest BCUT2D eigenvalue weighted by molar-refractivity contribution is 0.0389. The predicted molar refractivity (Wildman–Crippen MR) is 103 cm³/mol. The molecule has 1 aromatic rings. The third-order valence-corrected chi connectivity index (χ3v) is 4.05. The first kappa shape index (κ1) is 18.8. The van der Waals surface area contributed by atoms with Crippen molar-refractivity contribution in [1.29, 1.82) is 0 Å². The van der Waals surface area contributed by atoms with Crippen molar-refractivity contribution in [2.75, 3.05) is 39.4 Å². The fourth-order valence-electron chi connectivity index (χ4n) is 2.56. The quantitative estimate of drug-likeness (QED) is 0.450. The van der Waals surface area contributed by atoms with E-state index in [-0.39, 0.29) is 0 Å². The maximum absolute atomic E-state index is 5.35. The summed E-state index contributed by atoms with van der Waals surface area (Å²) in [6.07, 6.45) is 0.910. The molecule has 1 aliphatic rings. The van der Waals surface area contributed by atoms with Gasteiger partial charge in [-0.2, -0.15) is 5.10 Å². The summed E-state index contributed by atoms with van der Waals surface area (Å²) in [6.45, 7) is 9.79. The summed E-state index contributed by atoms with van der Waals surface area (Å²) in [5.74, 6) is 0.536. The first-order chi connectivity index (χ1) is 11.6. The number of nitrogens with one attached hydrogen (secondary N) is 2. The van der Waals surface area contributed by atoms with Gasteiger partial charge in [-0.3, -0.25) is 10.3 Å². The highest BCUT2D eigenvalue weighted by Gasteiger charge is 2.10. The molecule has 6 heteroatoms. The van der Waals surface area contributed by atoms with Gasteiger partial charge in [0, 0.05) is 26.2 Å². The predicted octanol–water partition coefficient (Wildman–Crippen LogP) is 2.23. The normalized spacial score (nSPS) is 16.2. The number of thiocarbonyl (C=S) groups is 1. The summed E-state index contributed by atoms with van der Waals surface area (Å²) in [4.78, 5) is 2.37. The van der Waals surface area contributed by atoms with Gasteiger partial charge in [-0.1, -0.05) is 44.2 Å². The highest BCUT2D eigenvalue weighted by Crippen LogP contribution is 2.10. The second-order valence-electron chi connectivity index (χ2n) is 6.34. The van der Waals surface area contributed by atoms with E-state index in [1.54, 1.807) is 0 Å². The molecule has 0 atom stereocenters. The molecule has 132 valence electrons. The standard InChI is InChI=1S/C18H28N4OS/c1-15(2)14-17(16-6-4-3-5-7-16)20-21-18(24)19-8-9-22-10-12-23-13-11-22/h3-7,15H,8-14H2,1-2H3,(H2,19,21,24)/b20-17+. The van der Waals surface area contributed by atoms with Gasteiger partial charge in [-0.05, 0) is 30.1 Å². The first-order valence-corrected chi connectivity index (χ1v) is 9.02. The molecule has 24 heavy (non-hydrogen) atoms. The van der Waals surface area contributed by atoms with Gasteiger partial charge in [0.15, 0.2) is 5.11 Å². The van der Waals surface area contributed by atoms with Gasteiger partial charge >= 0.3 is 0 Å². The molecule has 0 saturated carbocycles. The molecule has 1 aliphatic heterocycles. The van der Waals surface area contributed by atoms with Gasteiger partial charge in [-0.25, -0.2) is 0 Å². The van der Waals surface area contributed by atoms with Crippen LogP contribution in [-0.2, 0) is 4.74 Å². The van der Waals surface area contributed by atoms with E-state index in [0.717, 1.165) is 57.1 Å². The van der Waals surface area contributed by atoms with E-state index in [1.165, 1.54) is 0 Å². The van der Waals surface area contributed by atoms with Crippen molar-refractivity contribution in [3.05, 3.63) is 35.9 Å². The summed E-state index contributed by atoms with van der Waals surface area (Å²) in [6, 6.07) is 10.2. The summed E-state index contributed by atoms with van der Waals surface area (Å²) in [7, 11) is 0. The molecule has 0 radical (unpaired) electrons. The van der Waals surface area contributed by atoms with Crippen LogP contribution >= 0.6 is 12.2 Å². The number of rotatable bonds is 7. The fraction of sp³-hybridized carbons (Fsp3) is 0.556. The van der Waals surface area contributed by atoms with Gasteiger partial charge in [-0.15, -0.1) is 0 Å². The monoisotopic (exact) mass is 348 g/mol. The van der Waals surface area contributed by atoms with Gasteiger partial charge in [0.2, 0.25) is 0 Å². The Labute approximate surface area is 150 Å². The van der Waals surface area contributed by atoms with E-state index in [9.17, 15) is 0 Å². The fourth-order valence-corrected chi connectivity index (χ4v) is 2.70. The number of ether oxygens (including phenoxy) is 1. The molecule has 2 rings (SSSR count). The zero-order valence-corrected chi connectivity index (χ0v) is 15.4. The van der Waals surface area contributed by atoms with Crippen molar-refractivity contribution in [2.45, 2.75) is 20.3 Å². The third kappa shape index (κ3) is 6.95. The molecule has 5 nitrogen and oxygen atoms in total. The zero-order chi connectivity index (χ0) is 17.2. The minimum atomic E-state index is 0.536. The van der Waals surface area contributed by atoms with Crippen LogP contribution in [0.15, 0.2) is 35.4 Å². The Bertz CT molecular complexity index is 527. The molecule has 1 aromatic carbocycles. The lowest BCUT2D eigenvalue weighted by atomic mass is 10.0. The van der Waals surface area contributed by atoms with Crippen LogP contribution in [0, 0.1) is 5.92 Å². The summed E-state index contributed by atoms with van der Waals surface area (Å²) in [5.41, 5.74) is 5.15. The van der Waals surface area contributed by atoms with E-state index in [0.29, 0.717) is 11.0 Å². The smallest absolute Gasteiger partial charge is 0.187 e. The maximum atomic E-state index is 5.35. The number of hydrogen-bond acceptors (Lipinski definition) is 4. The van der Waals surface area contributed by atoms with Gasteiger partial charge < -0.3 is 10.1 Å². The Balaban J connectivity index is 1.80. The zero-order valence-electron chi connectivity index (χ0n) is 14.6. The number of hydrazone groups is 1. The Morgan fingerprint density at radius 1 is 1.25 bits per heavy atom. The molecule has 1 saturated heterocycles. The Morgan fingerprint density at radius 2 is 1.96 bits per heavy atom. The van der Waals surface area contributed by atoms with Crippen molar-refractivity contribution in [1.82, 2.24) is 15.6 Å². The summed E-state index contributed by atoms with van der Waals surface area (Å²) < 4.78 is 5.35. The van der Waals surface area contributed by atoms with Crippen molar-refractivity contribution in [3.63, 3.8) is 0 Å². The molecule has 2 N–H and O–H groups in total. The van der Waals surface area contributed by atoms with Crippen molar-refractivity contribution in [3.8, 4) is 0 Å². The molecular weight excluding hydrogens is 320 g/mol. The molecule has 0 bridgehead atoms. The van der Waals surface area contributed by atoms with Crippen LogP contribution in [0.25, 0.3) is 0 Å². The van der Waals surface area contributed by atoms with Crippen LogP contribution < -0.4 is 10.7 Å². The SMILES string of the molecule is CC(C)C/C(=N\NC(=S)NCCN1CCOCC1)c1ccccc1. The van der Waals surface area contributed by atoms with E-state index in [4.69, 9.17) is 17.0 Å². The number of benzene rings is 1. The van der Waals surface area contributed by atoms with Crippen molar-refractivity contribution >= 4 is 23.0 Å². The van der Waals surface area contributed by atoms with Crippen LogP contribution in [0.4, 0.5) is 0 Å². The Kier molecular flexibility index (Phi) is 8.15. The average molecular weight is 349 g/mol. The molecule has 0 spiro atoms. The van der Waals surface area contributed by atoms with E-state index in [2.05, 4.69) is 46.7 Å². The van der Waals surface area contributed by atoms with Crippen molar-refractivity contribution < 1.29 is 4.74 Å². The molecule has 1 fully saturated rings. The Morgan fingerprint density at radius 3 is 2.62 bits per heavy atom. The molecule has 0 aromatic heterocycles. The second-order valence-corrected chi connectivity index (χ2v) is 6.75. The Hall–Kier alpha value is -1.50. The van der Waals surface area contributed by atoms with Gasteiger partial charge in [0.05, 0.1) is 18.9 Å². The van der Waals surface area contributed by atoms with E-state index >= 15 is 0 Å². The maximum Gasteiger partial charge on any atom is 0.187 e. The molecular formula is C18H28N4OS. The van der Waals surface area contributed by atoms with E-state index in [1.807, 2.05) is 18.2 Å². The highest BCUT2D eigenvalue weighted by atomic mass is 32.1. The lowest BCUT2D eigenvalue weighted by Gasteiger charge is -2.26. The second kappa shape index (κ2) is 10.4. The van der Waals surface area contributed by atoms with Crippen LogP contribution in [0.3, 0.4) is 0 Å². The highest BCUT2D eigenvalue weighted by molar-refractivity contribution is 7.80. The molecule has 0 aliphatic carbocycles. The van der Waals surface area contributed by atoms with Crippen molar-refractivity contribution in [2.24, 2.45) is 11.0 Å². The molecule has 1 heterocycles. The summed E-state index contributed by atoms with van der Waals surface area (Å²) in [5, 5.41) is 8.32. The van der Waals surface area contributed by atoms with Gasteiger partial charge in [0.25, 0.3) is 0 Å². The number of nitrogens with zero attached hydrogens (tertiary/aromatic N) is 2. The number of hydrogen-bond donors (Lipinski definition) is 2. The molecule has 0 amide bonds. The minimum Gasteiger partial charge on any atom is -0.379 e. The lowest BCUT2D eigenvalue weighted by Crippen LogP contribution is -2.43. The minimum absolute atomic E-state index is 0.536. The number of morpholine rings is 1.